The standard InChI is InChI=1S/C31H32FNO4/c32-22-7-11-25-26-13-17-36-28-20-23(34)8-12-27(28)30(26)31(37-29(25)19-22)21-5-9-24(10-6-21)35-18-16-33-14-3-1-2-4-15-33/h5-12,19-20,31,34H,1-4,13-18H2/t31-/m1/s1. The Hall–Kier alpha value is -3.51. The van der Waals surface area contributed by atoms with Gasteiger partial charge in [0.25, 0.3) is 0 Å². The van der Waals surface area contributed by atoms with Crippen LogP contribution in [0.2, 0.25) is 0 Å². The Morgan fingerprint density at radius 2 is 1.68 bits per heavy atom. The lowest BCUT2D eigenvalue weighted by Gasteiger charge is -2.31. The summed E-state index contributed by atoms with van der Waals surface area (Å²) in [6, 6.07) is 17.9. The number of halogens is 1. The third-order valence-electron chi connectivity index (χ3n) is 7.52. The molecule has 6 rings (SSSR count). The number of rotatable bonds is 5. The van der Waals surface area contributed by atoms with Crippen LogP contribution in [0.1, 0.15) is 54.9 Å². The Kier molecular flexibility index (Phi) is 6.75. The molecule has 5 nitrogen and oxygen atoms in total. The van der Waals surface area contributed by atoms with Gasteiger partial charge in [0, 0.05) is 41.8 Å². The zero-order valence-corrected chi connectivity index (χ0v) is 20.9. The van der Waals surface area contributed by atoms with Gasteiger partial charge in [0.15, 0.2) is 0 Å². The molecule has 0 spiro atoms. The van der Waals surface area contributed by atoms with Crippen LogP contribution in [0.25, 0.3) is 11.1 Å². The van der Waals surface area contributed by atoms with E-state index in [1.165, 1.54) is 37.8 Å². The molecule has 1 saturated heterocycles. The van der Waals surface area contributed by atoms with E-state index in [2.05, 4.69) is 4.90 Å². The van der Waals surface area contributed by atoms with Crippen LogP contribution in [-0.4, -0.2) is 42.9 Å². The van der Waals surface area contributed by atoms with Crippen molar-refractivity contribution in [1.29, 1.82) is 0 Å². The van der Waals surface area contributed by atoms with Crippen LogP contribution in [-0.2, 0) is 0 Å². The van der Waals surface area contributed by atoms with Gasteiger partial charge in [-0.25, -0.2) is 4.39 Å². The number of phenolic OH excluding ortho intramolecular Hbond substituents is 1. The summed E-state index contributed by atoms with van der Waals surface area (Å²) in [5.41, 5.74) is 4.77. The second kappa shape index (κ2) is 10.5. The fourth-order valence-corrected chi connectivity index (χ4v) is 5.65. The highest BCUT2D eigenvalue weighted by atomic mass is 19.1. The second-order valence-electron chi connectivity index (χ2n) is 9.98. The van der Waals surface area contributed by atoms with Gasteiger partial charge in [0.1, 0.15) is 41.5 Å². The first kappa shape index (κ1) is 23.9. The molecule has 1 N–H and O–H groups in total. The van der Waals surface area contributed by atoms with Crippen molar-refractivity contribution < 1.29 is 23.7 Å². The summed E-state index contributed by atoms with van der Waals surface area (Å²) >= 11 is 0. The summed E-state index contributed by atoms with van der Waals surface area (Å²) in [6.45, 7) is 4.38. The van der Waals surface area contributed by atoms with Crippen molar-refractivity contribution in [2.45, 2.75) is 38.2 Å². The van der Waals surface area contributed by atoms with Gasteiger partial charge in [-0.05, 0) is 73.5 Å². The molecule has 3 heterocycles. The van der Waals surface area contributed by atoms with E-state index in [-0.39, 0.29) is 11.6 Å². The fourth-order valence-electron chi connectivity index (χ4n) is 5.65. The Morgan fingerprint density at radius 1 is 0.892 bits per heavy atom. The monoisotopic (exact) mass is 501 g/mol. The molecule has 0 unspecified atom stereocenters. The summed E-state index contributed by atoms with van der Waals surface area (Å²) in [7, 11) is 0. The Labute approximate surface area is 217 Å². The van der Waals surface area contributed by atoms with Crippen molar-refractivity contribution in [1.82, 2.24) is 4.90 Å². The van der Waals surface area contributed by atoms with Crippen LogP contribution >= 0.6 is 0 Å². The third kappa shape index (κ3) is 5.03. The number of fused-ring (bicyclic) bond motifs is 4. The highest BCUT2D eigenvalue weighted by molar-refractivity contribution is 5.98. The van der Waals surface area contributed by atoms with Gasteiger partial charge < -0.3 is 19.3 Å². The molecule has 3 aromatic rings. The van der Waals surface area contributed by atoms with E-state index in [1.807, 2.05) is 30.3 Å². The molecular weight excluding hydrogens is 469 g/mol. The molecule has 3 aliphatic rings. The second-order valence-corrected chi connectivity index (χ2v) is 9.98. The molecule has 192 valence electrons. The van der Waals surface area contributed by atoms with Crippen LogP contribution in [0, 0.1) is 5.82 Å². The maximum Gasteiger partial charge on any atom is 0.150 e. The molecule has 0 radical (unpaired) electrons. The van der Waals surface area contributed by atoms with Crippen molar-refractivity contribution in [2.24, 2.45) is 0 Å². The summed E-state index contributed by atoms with van der Waals surface area (Å²) in [6.07, 6.45) is 5.41. The van der Waals surface area contributed by atoms with E-state index in [4.69, 9.17) is 14.2 Å². The van der Waals surface area contributed by atoms with Gasteiger partial charge in [-0.3, -0.25) is 4.90 Å². The Morgan fingerprint density at radius 3 is 2.49 bits per heavy atom. The molecule has 0 aromatic heterocycles. The summed E-state index contributed by atoms with van der Waals surface area (Å²) in [5, 5.41) is 10.1. The van der Waals surface area contributed by atoms with E-state index in [0.29, 0.717) is 31.1 Å². The maximum atomic E-state index is 14.2. The summed E-state index contributed by atoms with van der Waals surface area (Å²) < 4.78 is 32.7. The topological polar surface area (TPSA) is 51.2 Å². The first-order valence-electron chi connectivity index (χ1n) is 13.3. The lowest BCUT2D eigenvalue weighted by Crippen LogP contribution is -2.29. The zero-order valence-electron chi connectivity index (χ0n) is 20.9. The molecular formula is C31H32FNO4. The van der Waals surface area contributed by atoms with E-state index in [9.17, 15) is 9.50 Å². The lowest BCUT2D eigenvalue weighted by molar-refractivity contribution is 0.214. The van der Waals surface area contributed by atoms with Gasteiger partial charge in [-0.1, -0.05) is 25.0 Å². The van der Waals surface area contributed by atoms with Crippen molar-refractivity contribution in [3.8, 4) is 23.0 Å². The highest BCUT2D eigenvalue weighted by Crippen LogP contribution is 2.51. The molecule has 1 atom stereocenters. The van der Waals surface area contributed by atoms with Crippen molar-refractivity contribution in [2.75, 3.05) is 32.8 Å². The number of hydrogen-bond acceptors (Lipinski definition) is 5. The van der Waals surface area contributed by atoms with Gasteiger partial charge >= 0.3 is 0 Å². The van der Waals surface area contributed by atoms with Gasteiger partial charge in [-0.2, -0.15) is 0 Å². The first-order valence-corrected chi connectivity index (χ1v) is 13.3. The maximum absolute atomic E-state index is 14.2. The third-order valence-corrected chi connectivity index (χ3v) is 7.52. The Balaban J connectivity index is 1.28. The Bertz CT molecular complexity index is 1300. The molecule has 3 aliphatic heterocycles. The molecule has 3 aromatic carbocycles. The van der Waals surface area contributed by atoms with Crippen LogP contribution < -0.4 is 14.2 Å². The van der Waals surface area contributed by atoms with Crippen LogP contribution in [0.4, 0.5) is 4.39 Å². The van der Waals surface area contributed by atoms with Crippen LogP contribution in [0.5, 0.6) is 23.0 Å². The fraction of sp³-hybridized carbons (Fsp3) is 0.355. The molecule has 37 heavy (non-hydrogen) atoms. The molecule has 0 bridgehead atoms. The van der Waals surface area contributed by atoms with Crippen molar-refractivity contribution >= 4 is 11.1 Å². The van der Waals surface area contributed by atoms with Gasteiger partial charge in [0.2, 0.25) is 0 Å². The number of benzene rings is 3. The minimum atomic E-state index is -0.444. The number of nitrogens with zero attached hydrogens (tertiary/aromatic N) is 1. The van der Waals surface area contributed by atoms with Crippen LogP contribution in [0.3, 0.4) is 0 Å². The largest absolute Gasteiger partial charge is 0.508 e. The lowest BCUT2D eigenvalue weighted by atomic mass is 9.84. The zero-order chi connectivity index (χ0) is 25.2. The number of likely N-dealkylation sites (tertiary alicyclic amines) is 1. The number of aromatic hydroxyl groups is 1. The van der Waals surface area contributed by atoms with E-state index in [0.717, 1.165) is 53.2 Å². The van der Waals surface area contributed by atoms with Gasteiger partial charge in [0.05, 0.1) is 6.61 Å². The predicted octanol–water partition coefficient (Wildman–Crippen LogP) is 6.61. The minimum absolute atomic E-state index is 0.153. The van der Waals surface area contributed by atoms with E-state index >= 15 is 0 Å². The molecule has 0 saturated carbocycles. The summed E-state index contributed by atoms with van der Waals surface area (Å²) in [5.74, 6) is 1.80. The van der Waals surface area contributed by atoms with Crippen molar-refractivity contribution in [3.63, 3.8) is 0 Å². The molecule has 0 aliphatic carbocycles. The smallest absolute Gasteiger partial charge is 0.150 e. The first-order chi connectivity index (χ1) is 18.2. The van der Waals surface area contributed by atoms with Crippen molar-refractivity contribution in [3.05, 3.63) is 83.2 Å². The minimum Gasteiger partial charge on any atom is -0.508 e. The molecule has 6 heteroatoms. The highest BCUT2D eigenvalue weighted by Gasteiger charge is 2.34. The number of ether oxygens (including phenoxy) is 3. The number of phenols is 1. The normalized spacial score (nSPS) is 19.4. The van der Waals surface area contributed by atoms with E-state index in [1.54, 1.807) is 18.2 Å². The SMILES string of the molecule is Oc1ccc2c(c1)OCCC1=C2[C@@H](c2ccc(OCCN3CCCCCC3)cc2)Oc2cc(F)ccc21. The summed E-state index contributed by atoms with van der Waals surface area (Å²) in [4.78, 5) is 2.49. The molecule has 1 fully saturated rings. The molecule has 0 amide bonds. The van der Waals surface area contributed by atoms with E-state index < -0.39 is 6.10 Å². The van der Waals surface area contributed by atoms with Crippen LogP contribution in [0.15, 0.2) is 60.7 Å². The number of hydrogen-bond donors (Lipinski definition) is 1. The average molecular weight is 502 g/mol. The average Bonchev–Trinajstić information content (AvgIpc) is 3.27. The quantitative estimate of drug-likeness (QED) is 0.426. The predicted molar refractivity (Wildman–Crippen MR) is 142 cm³/mol. The van der Waals surface area contributed by atoms with Gasteiger partial charge in [-0.15, -0.1) is 0 Å².